The molecule has 1 aromatic heterocycles. The summed E-state index contributed by atoms with van der Waals surface area (Å²) in [6, 6.07) is 0. The number of halogens is 3. The van der Waals surface area contributed by atoms with Gasteiger partial charge in [0.1, 0.15) is 0 Å². The highest BCUT2D eigenvalue weighted by atomic mass is 35.5. The molecule has 1 heterocycles. The highest BCUT2D eigenvalue weighted by Crippen LogP contribution is 2.30. The lowest BCUT2D eigenvalue weighted by molar-refractivity contribution is 0.0607. The van der Waals surface area contributed by atoms with Crippen LogP contribution in [0.1, 0.15) is 11.8 Å². The Labute approximate surface area is 65.3 Å². The Balaban J connectivity index is 2.89. The van der Waals surface area contributed by atoms with E-state index in [1.54, 1.807) is 0 Å². The zero-order valence-corrected chi connectivity index (χ0v) is 5.98. The summed E-state index contributed by atoms with van der Waals surface area (Å²) in [5, 5.41) is 2.56. The van der Waals surface area contributed by atoms with E-state index < -0.39 is 11.3 Å². The molecule has 2 N–H and O–H groups in total. The van der Waals surface area contributed by atoms with Crippen molar-refractivity contribution in [2.24, 2.45) is 5.73 Å². The second-order valence-electron chi connectivity index (χ2n) is 1.70. The van der Waals surface area contributed by atoms with Crippen molar-refractivity contribution in [1.82, 2.24) is 10.2 Å². The first kappa shape index (κ1) is 8.35. The van der Waals surface area contributed by atoms with Gasteiger partial charge in [0.2, 0.25) is 5.89 Å². The molecule has 0 atom stereocenters. The Morgan fingerprint density at radius 3 is 2.45 bits per heavy atom. The van der Waals surface area contributed by atoms with E-state index in [0.717, 1.165) is 0 Å². The summed E-state index contributed by atoms with van der Waals surface area (Å²) in [5.74, 6) is -1.00. The molecule has 0 aromatic carbocycles. The summed E-state index contributed by atoms with van der Waals surface area (Å²) in [7, 11) is 0. The van der Waals surface area contributed by atoms with Crippen molar-refractivity contribution in [3.8, 4) is 0 Å². The van der Waals surface area contributed by atoms with Gasteiger partial charge in [-0.2, -0.15) is 8.78 Å². The van der Waals surface area contributed by atoms with Crippen LogP contribution in [0.5, 0.6) is 0 Å². The van der Waals surface area contributed by atoms with E-state index in [-0.39, 0.29) is 12.4 Å². The first-order chi connectivity index (χ1) is 5.04. The third-order valence-corrected chi connectivity index (χ3v) is 1.05. The molecule has 0 fully saturated rings. The Hall–Kier alpha value is -0.750. The van der Waals surface area contributed by atoms with Gasteiger partial charge in [-0.1, -0.05) is 0 Å². The summed E-state index contributed by atoms with van der Waals surface area (Å²) in [4.78, 5) is 0. The van der Waals surface area contributed by atoms with Gasteiger partial charge < -0.3 is 10.2 Å². The van der Waals surface area contributed by atoms with Crippen LogP contribution in [0.15, 0.2) is 4.42 Å². The van der Waals surface area contributed by atoms with Crippen LogP contribution in [-0.2, 0) is 11.9 Å². The predicted octanol–water partition coefficient (Wildman–Crippen LogP) is 0.816. The van der Waals surface area contributed by atoms with Crippen molar-refractivity contribution in [1.29, 1.82) is 0 Å². The van der Waals surface area contributed by atoms with Gasteiger partial charge in [-0.25, -0.2) is 0 Å². The Kier molecular flexibility index (Phi) is 2.05. The van der Waals surface area contributed by atoms with Crippen molar-refractivity contribution in [2.45, 2.75) is 11.9 Å². The molecule has 0 unspecified atom stereocenters. The maximum Gasteiger partial charge on any atom is 0.399 e. The van der Waals surface area contributed by atoms with E-state index in [1.165, 1.54) is 0 Å². The van der Waals surface area contributed by atoms with Crippen LogP contribution in [-0.4, -0.2) is 10.2 Å². The molecule has 0 aliphatic heterocycles. The molecule has 11 heavy (non-hydrogen) atoms. The van der Waals surface area contributed by atoms with Crippen LogP contribution < -0.4 is 5.73 Å². The molecular formula is C4H4ClF2N3O. The van der Waals surface area contributed by atoms with E-state index in [9.17, 15) is 8.78 Å². The van der Waals surface area contributed by atoms with E-state index in [4.69, 9.17) is 5.73 Å². The van der Waals surface area contributed by atoms with Crippen LogP contribution in [0.3, 0.4) is 0 Å². The van der Waals surface area contributed by atoms with Gasteiger partial charge in [0.15, 0.2) is 0 Å². The summed E-state index contributed by atoms with van der Waals surface area (Å²) < 4.78 is 28.6. The zero-order chi connectivity index (χ0) is 8.48. The number of hydrogen-bond donors (Lipinski definition) is 1. The quantitative estimate of drug-likeness (QED) is 0.690. The highest BCUT2D eigenvalue weighted by Gasteiger charge is 2.34. The van der Waals surface area contributed by atoms with Gasteiger partial charge in [0.05, 0.1) is 6.54 Å². The number of aromatic nitrogens is 2. The van der Waals surface area contributed by atoms with Crippen LogP contribution in [0.2, 0.25) is 0 Å². The van der Waals surface area contributed by atoms with Gasteiger partial charge in [-0.15, -0.1) is 10.2 Å². The number of alkyl halides is 3. The molecular weight excluding hydrogens is 180 g/mol. The molecule has 0 saturated carbocycles. The fourth-order valence-electron chi connectivity index (χ4n) is 0.451. The third kappa shape index (κ3) is 1.84. The maximum atomic E-state index is 12.1. The Morgan fingerprint density at radius 1 is 1.55 bits per heavy atom. The van der Waals surface area contributed by atoms with E-state index in [2.05, 4.69) is 26.2 Å². The average molecular weight is 184 g/mol. The zero-order valence-electron chi connectivity index (χ0n) is 5.22. The molecule has 62 valence electrons. The molecule has 0 saturated heterocycles. The lowest BCUT2D eigenvalue weighted by atomic mass is 10.7. The smallest absolute Gasteiger partial charge is 0.399 e. The SMILES string of the molecule is NCc1nnc(C(F)(F)Cl)o1. The first-order valence-corrected chi connectivity index (χ1v) is 3.01. The van der Waals surface area contributed by atoms with Crippen LogP contribution in [0.25, 0.3) is 0 Å². The second-order valence-corrected chi connectivity index (χ2v) is 2.18. The topological polar surface area (TPSA) is 64.9 Å². The van der Waals surface area contributed by atoms with Crippen LogP contribution in [0.4, 0.5) is 8.78 Å². The highest BCUT2D eigenvalue weighted by molar-refractivity contribution is 6.21. The maximum absolute atomic E-state index is 12.1. The Bertz CT molecular complexity index is 246. The molecule has 0 aliphatic carbocycles. The van der Waals surface area contributed by atoms with Gasteiger partial charge >= 0.3 is 11.3 Å². The average Bonchev–Trinajstić information content (AvgIpc) is 2.32. The predicted molar refractivity (Wildman–Crippen MR) is 31.9 cm³/mol. The van der Waals surface area contributed by atoms with Crippen molar-refractivity contribution in [3.05, 3.63) is 11.8 Å². The van der Waals surface area contributed by atoms with Gasteiger partial charge in [0.25, 0.3) is 0 Å². The molecule has 1 rings (SSSR count). The van der Waals surface area contributed by atoms with Crippen molar-refractivity contribution in [2.75, 3.05) is 0 Å². The molecule has 0 aliphatic rings. The molecule has 4 nitrogen and oxygen atoms in total. The minimum absolute atomic E-state index is 0.0691. The molecule has 7 heteroatoms. The summed E-state index contributed by atoms with van der Waals surface area (Å²) in [6.45, 7) is -0.0834. The normalized spacial score (nSPS) is 12.0. The van der Waals surface area contributed by atoms with Crippen molar-refractivity contribution < 1.29 is 13.2 Å². The van der Waals surface area contributed by atoms with E-state index >= 15 is 0 Å². The summed E-state index contributed by atoms with van der Waals surface area (Å²) in [6.07, 6.45) is 0. The fraction of sp³-hybridized carbons (Fsp3) is 0.500. The second kappa shape index (κ2) is 2.71. The van der Waals surface area contributed by atoms with Gasteiger partial charge in [0, 0.05) is 0 Å². The largest absolute Gasteiger partial charge is 0.417 e. The molecule has 0 bridgehead atoms. The summed E-state index contributed by atoms with van der Waals surface area (Å²) >= 11 is 4.56. The Morgan fingerprint density at radius 2 is 2.18 bits per heavy atom. The van der Waals surface area contributed by atoms with E-state index in [0.29, 0.717) is 0 Å². The van der Waals surface area contributed by atoms with Crippen LogP contribution in [0, 0.1) is 0 Å². The van der Waals surface area contributed by atoms with E-state index in [1.807, 2.05) is 0 Å². The minimum atomic E-state index is -3.61. The number of nitrogens with zero attached hydrogens (tertiary/aromatic N) is 2. The molecule has 1 aromatic rings. The van der Waals surface area contributed by atoms with Gasteiger partial charge in [-0.3, -0.25) is 0 Å². The fourth-order valence-corrected chi connectivity index (χ4v) is 0.527. The number of nitrogens with two attached hydrogens (primary N) is 1. The van der Waals surface area contributed by atoms with Crippen molar-refractivity contribution >= 4 is 11.6 Å². The molecule has 0 spiro atoms. The van der Waals surface area contributed by atoms with Crippen LogP contribution >= 0.6 is 11.6 Å². The summed E-state index contributed by atoms with van der Waals surface area (Å²) in [5.41, 5.74) is 5.02. The lowest BCUT2D eigenvalue weighted by Crippen LogP contribution is -2.03. The lowest BCUT2D eigenvalue weighted by Gasteiger charge is -1.98. The van der Waals surface area contributed by atoms with Crippen molar-refractivity contribution in [3.63, 3.8) is 0 Å². The standard InChI is InChI=1S/C4H4ClF2N3O/c5-4(6,7)3-10-9-2(1-8)11-3/h1,8H2. The molecule has 0 radical (unpaired) electrons. The third-order valence-electron chi connectivity index (χ3n) is 0.884. The minimum Gasteiger partial charge on any atom is -0.417 e. The number of hydrogen-bond acceptors (Lipinski definition) is 4. The number of rotatable bonds is 2. The van der Waals surface area contributed by atoms with Gasteiger partial charge in [-0.05, 0) is 11.6 Å². The first-order valence-electron chi connectivity index (χ1n) is 2.63. The monoisotopic (exact) mass is 183 g/mol. The molecule has 0 amide bonds.